The minimum Gasteiger partial charge on any atom is -0.398 e. The van der Waals surface area contributed by atoms with Crippen molar-refractivity contribution in [3.05, 3.63) is 29.8 Å². The molecule has 0 atom stereocenters. The van der Waals surface area contributed by atoms with Crippen LogP contribution in [0.15, 0.2) is 24.3 Å². The number of nitrogens with zero attached hydrogens (tertiary/aromatic N) is 1. The molecule has 5 nitrogen and oxygen atoms in total. The first-order chi connectivity index (χ1) is 8.90. The zero-order chi connectivity index (χ0) is 14.4. The van der Waals surface area contributed by atoms with Gasteiger partial charge in [0.25, 0.3) is 0 Å². The van der Waals surface area contributed by atoms with Crippen LogP contribution in [0, 0.1) is 5.92 Å². The molecule has 0 radical (unpaired) electrons. The quantitative estimate of drug-likeness (QED) is 0.754. The second-order valence-corrected chi connectivity index (χ2v) is 5.01. The molecular weight excluding hydrogens is 242 g/mol. The van der Waals surface area contributed by atoms with Crippen molar-refractivity contribution >= 4 is 17.5 Å². The molecular formula is C14H21N3O2. The predicted octanol–water partition coefficient (Wildman–Crippen LogP) is 1.13. The molecule has 0 spiro atoms. The molecule has 0 unspecified atom stereocenters. The van der Waals surface area contributed by atoms with Crippen molar-refractivity contribution in [2.45, 2.75) is 26.8 Å². The van der Waals surface area contributed by atoms with Gasteiger partial charge in [0, 0.05) is 18.7 Å². The number of anilines is 1. The first-order valence-electron chi connectivity index (χ1n) is 6.29. The van der Waals surface area contributed by atoms with Gasteiger partial charge in [-0.2, -0.15) is 0 Å². The lowest BCUT2D eigenvalue weighted by Gasteiger charge is -2.23. The number of hydrogen-bond donors (Lipinski definition) is 2. The third-order valence-electron chi connectivity index (χ3n) is 2.70. The highest BCUT2D eigenvalue weighted by Crippen LogP contribution is 2.15. The maximum atomic E-state index is 12.1. The van der Waals surface area contributed by atoms with Crippen LogP contribution in [0.1, 0.15) is 25.8 Å². The smallest absolute Gasteiger partial charge is 0.237 e. The van der Waals surface area contributed by atoms with Crippen LogP contribution >= 0.6 is 0 Å². The molecule has 2 amide bonds. The summed E-state index contributed by atoms with van der Waals surface area (Å²) in [5, 5.41) is 0. The fourth-order valence-corrected chi connectivity index (χ4v) is 1.78. The van der Waals surface area contributed by atoms with E-state index < -0.39 is 5.91 Å². The van der Waals surface area contributed by atoms with Crippen molar-refractivity contribution in [1.29, 1.82) is 0 Å². The van der Waals surface area contributed by atoms with E-state index in [0.29, 0.717) is 18.7 Å². The van der Waals surface area contributed by atoms with E-state index in [1.807, 2.05) is 32.0 Å². The van der Waals surface area contributed by atoms with Crippen molar-refractivity contribution in [3.63, 3.8) is 0 Å². The molecule has 4 N–H and O–H groups in total. The Hall–Kier alpha value is -2.04. The number of rotatable bonds is 6. The van der Waals surface area contributed by atoms with Gasteiger partial charge in [-0.15, -0.1) is 0 Å². The summed E-state index contributed by atoms with van der Waals surface area (Å²) in [5.41, 5.74) is 12.5. The van der Waals surface area contributed by atoms with Gasteiger partial charge >= 0.3 is 0 Å². The monoisotopic (exact) mass is 263 g/mol. The number of benzene rings is 1. The minimum absolute atomic E-state index is 0.0834. The Morgan fingerprint density at radius 3 is 2.42 bits per heavy atom. The molecule has 104 valence electrons. The minimum atomic E-state index is -0.522. The normalized spacial score (nSPS) is 10.5. The van der Waals surface area contributed by atoms with Gasteiger partial charge in [-0.05, 0) is 17.5 Å². The summed E-state index contributed by atoms with van der Waals surface area (Å²) in [5.74, 6) is -0.375. The Kier molecular flexibility index (Phi) is 5.36. The van der Waals surface area contributed by atoms with Crippen LogP contribution in [0.3, 0.4) is 0 Å². The van der Waals surface area contributed by atoms with E-state index in [0.717, 1.165) is 5.56 Å². The standard InChI is InChI=1S/C14H21N3O2/c1-10(2)7-14(19)17(9-13(16)18)8-11-5-3-4-6-12(11)15/h3-6,10H,7-9,15H2,1-2H3,(H2,16,18). The average Bonchev–Trinajstić information content (AvgIpc) is 2.29. The summed E-state index contributed by atoms with van der Waals surface area (Å²) < 4.78 is 0. The van der Waals surface area contributed by atoms with Gasteiger partial charge in [-0.3, -0.25) is 9.59 Å². The van der Waals surface area contributed by atoms with E-state index in [1.165, 1.54) is 4.90 Å². The van der Waals surface area contributed by atoms with Crippen LogP contribution < -0.4 is 11.5 Å². The molecule has 0 bridgehead atoms. The summed E-state index contributed by atoms with van der Waals surface area (Å²) in [6, 6.07) is 7.28. The lowest BCUT2D eigenvalue weighted by molar-refractivity contribution is -0.136. The summed E-state index contributed by atoms with van der Waals surface area (Å²) >= 11 is 0. The molecule has 0 aromatic heterocycles. The van der Waals surface area contributed by atoms with E-state index in [4.69, 9.17) is 11.5 Å². The Morgan fingerprint density at radius 2 is 1.89 bits per heavy atom. The zero-order valence-corrected chi connectivity index (χ0v) is 11.4. The van der Waals surface area contributed by atoms with Crippen molar-refractivity contribution in [3.8, 4) is 0 Å². The van der Waals surface area contributed by atoms with Crippen molar-refractivity contribution < 1.29 is 9.59 Å². The van der Waals surface area contributed by atoms with E-state index in [2.05, 4.69) is 0 Å². The maximum absolute atomic E-state index is 12.1. The van der Waals surface area contributed by atoms with Gasteiger partial charge in [0.2, 0.25) is 11.8 Å². The van der Waals surface area contributed by atoms with Gasteiger partial charge in [0.1, 0.15) is 0 Å². The molecule has 0 aliphatic heterocycles. The highest BCUT2D eigenvalue weighted by molar-refractivity contribution is 5.84. The summed E-state index contributed by atoms with van der Waals surface area (Å²) in [6.07, 6.45) is 0.389. The number of para-hydroxylation sites is 1. The van der Waals surface area contributed by atoms with E-state index in [1.54, 1.807) is 6.07 Å². The largest absolute Gasteiger partial charge is 0.398 e. The Morgan fingerprint density at radius 1 is 1.26 bits per heavy atom. The number of primary amides is 1. The van der Waals surface area contributed by atoms with E-state index in [9.17, 15) is 9.59 Å². The van der Waals surface area contributed by atoms with Crippen LogP contribution in [0.5, 0.6) is 0 Å². The molecule has 0 saturated heterocycles. The Balaban J connectivity index is 2.83. The topological polar surface area (TPSA) is 89.4 Å². The van der Waals surface area contributed by atoms with E-state index in [-0.39, 0.29) is 18.4 Å². The van der Waals surface area contributed by atoms with Gasteiger partial charge in [-0.25, -0.2) is 0 Å². The van der Waals surface area contributed by atoms with Crippen LogP contribution in [-0.2, 0) is 16.1 Å². The number of amides is 2. The first kappa shape index (κ1) is 15.0. The SMILES string of the molecule is CC(C)CC(=O)N(CC(N)=O)Cc1ccccc1N. The summed E-state index contributed by atoms with van der Waals surface area (Å²) in [6.45, 7) is 4.13. The van der Waals surface area contributed by atoms with Crippen LogP contribution in [0.25, 0.3) is 0 Å². The maximum Gasteiger partial charge on any atom is 0.237 e. The summed E-state index contributed by atoms with van der Waals surface area (Å²) in [7, 11) is 0. The van der Waals surface area contributed by atoms with Crippen molar-refractivity contribution in [2.24, 2.45) is 11.7 Å². The highest BCUT2D eigenvalue weighted by Gasteiger charge is 2.18. The van der Waals surface area contributed by atoms with E-state index >= 15 is 0 Å². The molecule has 1 aromatic rings. The fraction of sp³-hybridized carbons (Fsp3) is 0.429. The molecule has 0 heterocycles. The highest BCUT2D eigenvalue weighted by atomic mass is 16.2. The molecule has 0 aliphatic rings. The second-order valence-electron chi connectivity index (χ2n) is 5.01. The third kappa shape index (κ3) is 4.99. The number of nitrogen functional groups attached to an aromatic ring is 1. The van der Waals surface area contributed by atoms with Gasteiger partial charge in [0.15, 0.2) is 0 Å². The van der Waals surface area contributed by atoms with Crippen LogP contribution in [-0.4, -0.2) is 23.3 Å². The second kappa shape index (κ2) is 6.78. The van der Waals surface area contributed by atoms with Crippen LogP contribution in [0.2, 0.25) is 0 Å². The lowest BCUT2D eigenvalue weighted by Crippen LogP contribution is -2.38. The number of carbonyl (C=O) groups is 2. The van der Waals surface area contributed by atoms with Crippen molar-refractivity contribution in [2.75, 3.05) is 12.3 Å². The fourth-order valence-electron chi connectivity index (χ4n) is 1.78. The molecule has 1 aromatic carbocycles. The zero-order valence-electron chi connectivity index (χ0n) is 11.4. The third-order valence-corrected chi connectivity index (χ3v) is 2.70. The Bertz CT molecular complexity index is 458. The molecule has 0 saturated carbocycles. The average molecular weight is 263 g/mol. The number of carbonyl (C=O) groups excluding carboxylic acids is 2. The lowest BCUT2D eigenvalue weighted by atomic mass is 10.1. The molecule has 5 heteroatoms. The predicted molar refractivity (Wildman–Crippen MR) is 74.9 cm³/mol. The molecule has 19 heavy (non-hydrogen) atoms. The van der Waals surface area contributed by atoms with Gasteiger partial charge in [0.05, 0.1) is 6.54 Å². The van der Waals surface area contributed by atoms with Crippen LogP contribution in [0.4, 0.5) is 5.69 Å². The number of hydrogen-bond acceptors (Lipinski definition) is 3. The van der Waals surface area contributed by atoms with Gasteiger partial charge < -0.3 is 16.4 Å². The Labute approximate surface area is 113 Å². The molecule has 0 fully saturated rings. The number of nitrogens with two attached hydrogens (primary N) is 2. The van der Waals surface area contributed by atoms with Crippen molar-refractivity contribution in [1.82, 2.24) is 4.90 Å². The summed E-state index contributed by atoms with van der Waals surface area (Å²) in [4.78, 5) is 24.6. The molecule has 1 rings (SSSR count). The first-order valence-corrected chi connectivity index (χ1v) is 6.29. The van der Waals surface area contributed by atoms with Gasteiger partial charge in [-0.1, -0.05) is 32.0 Å². The molecule has 0 aliphatic carbocycles.